The summed E-state index contributed by atoms with van der Waals surface area (Å²) in [5.74, 6) is 0.773. The third-order valence-electron chi connectivity index (χ3n) is 2.73. The molecule has 1 rings (SSSR count). The van der Waals surface area contributed by atoms with Crippen molar-refractivity contribution in [3.05, 3.63) is 0 Å². The molecule has 0 amide bonds. The van der Waals surface area contributed by atoms with Gasteiger partial charge in [0.2, 0.25) is 0 Å². The average molecular weight is 192 g/mol. The largest absolute Gasteiger partial charge is 0.345 e. The van der Waals surface area contributed by atoms with E-state index in [1.807, 2.05) is 0 Å². The second-order valence-corrected chi connectivity index (χ2v) is 3.78. The molecule has 0 aromatic carbocycles. The minimum atomic E-state index is -2.59. The standard InChI is InChI=1S/C10H18F2O/c11-10(12)13-8-4-7-9-5-2-1-3-6-9/h9-10H,1-8H2. The second-order valence-electron chi connectivity index (χ2n) is 3.78. The van der Waals surface area contributed by atoms with Gasteiger partial charge in [-0.15, -0.1) is 0 Å². The first-order valence-corrected chi connectivity index (χ1v) is 5.19. The average Bonchev–Trinajstić information content (AvgIpc) is 2.14. The Morgan fingerprint density at radius 2 is 1.85 bits per heavy atom. The summed E-state index contributed by atoms with van der Waals surface area (Å²) >= 11 is 0. The van der Waals surface area contributed by atoms with Gasteiger partial charge in [0.1, 0.15) is 0 Å². The number of alkyl halides is 2. The maximum Gasteiger partial charge on any atom is 0.345 e. The fourth-order valence-electron chi connectivity index (χ4n) is 2.02. The molecule has 0 bridgehead atoms. The Balaban J connectivity index is 1.92. The third-order valence-corrected chi connectivity index (χ3v) is 2.73. The number of ether oxygens (including phenoxy) is 1. The van der Waals surface area contributed by atoms with E-state index in [9.17, 15) is 8.78 Å². The van der Waals surface area contributed by atoms with Crippen LogP contribution in [-0.2, 0) is 4.74 Å². The summed E-state index contributed by atoms with van der Waals surface area (Å²) < 4.78 is 27.4. The molecular weight excluding hydrogens is 174 g/mol. The molecule has 0 unspecified atom stereocenters. The van der Waals surface area contributed by atoms with Gasteiger partial charge in [-0.2, -0.15) is 8.78 Å². The van der Waals surface area contributed by atoms with E-state index in [2.05, 4.69) is 4.74 Å². The summed E-state index contributed by atoms with van der Waals surface area (Å²) in [6.45, 7) is -2.37. The zero-order valence-electron chi connectivity index (χ0n) is 7.98. The highest BCUT2D eigenvalue weighted by molar-refractivity contribution is 4.65. The molecule has 0 saturated heterocycles. The zero-order valence-corrected chi connectivity index (χ0v) is 7.98. The van der Waals surface area contributed by atoms with Gasteiger partial charge in [0, 0.05) is 0 Å². The van der Waals surface area contributed by atoms with Crippen LogP contribution in [0, 0.1) is 5.92 Å². The molecule has 0 radical (unpaired) electrons. The van der Waals surface area contributed by atoms with Crippen LogP contribution in [-0.4, -0.2) is 13.2 Å². The summed E-state index contributed by atoms with van der Waals surface area (Å²) in [5, 5.41) is 0. The van der Waals surface area contributed by atoms with Crippen molar-refractivity contribution < 1.29 is 13.5 Å². The van der Waals surface area contributed by atoms with E-state index in [-0.39, 0.29) is 6.61 Å². The van der Waals surface area contributed by atoms with E-state index in [1.54, 1.807) is 0 Å². The summed E-state index contributed by atoms with van der Waals surface area (Å²) in [5.41, 5.74) is 0. The van der Waals surface area contributed by atoms with E-state index in [0.29, 0.717) is 0 Å². The van der Waals surface area contributed by atoms with Crippen LogP contribution in [0.25, 0.3) is 0 Å². The minimum absolute atomic E-state index is 0.216. The molecule has 1 fully saturated rings. The van der Waals surface area contributed by atoms with Crippen molar-refractivity contribution in [1.29, 1.82) is 0 Å². The second kappa shape index (κ2) is 6.30. The Morgan fingerprint density at radius 1 is 1.15 bits per heavy atom. The molecule has 0 atom stereocenters. The van der Waals surface area contributed by atoms with Crippen molar-refractivity contribution >= 4 is 0 Å². The molecule has 0 aromatic heterocycles. The molecule has 1 aliphatic rings. The van der Waals surface area contributed by atoms with Crippen molar-refractivity contribution in [3.63, 3.8) is 0 Å². The van der Waals surface area contributed by atoms with Crippen molar-refractivity contribution in [1.82, 2.24) is 0 Å². The van der Waals surface area contributed by atoms with Crippen LogP contribution >= 0.6 is 0 Å². The van der Waals surface area contributed by atoms with Crippen LogP contribution < -0.4 is 0 Å². The molecule has 0 spiro atoms. The molecule has 1 nitrogen and oxygen atoms in total. The lowest BCUT2D eigenvalue weighted by Crippen LogP contribution is -2.08. The zero-order chi connectivity index (χ0) is 9.52. The van der Waals surface area contributed by atoms with Crippen LogP contribution in [0.1, 0.15) is 44.9 Å². The number of hydrogen-bond donors (Lipinski definition) is 0. The maximum absolute atomic E-state index is 11.6. The normalized spacial score (nSPS) is 19.6. The first kappa shape index (κ1) is 10.9. The van der Waals surface area contributed by atoms with Crippen LogP contribution in [0.3, 0.4) is 0 Å². The third kappa shape index (κ3) is 5.19. The van der Waals surface area contributed by atoms with E-state index in [4.69, 9.17) is 0 Å². The molecule has 1 aliphatic carbocycles. The van der Waals surface area contributed by atoms with E-state index >= 15 is 0 Å². The van der Waals surface area contributed by atoms with Crippen LogP contribution in [0.5, 0.6) is 0 Å². The Labute approximate surface area is 78.5 Å². The van der Waals surface area contributed by atoms with Gasteiger partial charge in [-0.25, -0.2) is 0 Å². The molecule has 0 aromatic rings. The highest BCUT2D eigenvalue weighted by Gasteiger charge is 2.12. The van der Waals surface area contributed by atoms with Crippen molar-refractivity contribution in [2.75, 3.05) is 6.61 Å². The molecule has 1 saturated carbocycles. The summed E-state index contributed by atoms with van der Waals surface area (Å²) in [6, 6.07) is 0. The Kier molecular flexibility index (Phi) is 5.28. The Hall–Kier alpha value is -0.180. The van der Waals surface area contributed by atoms with E-state index < -0.39 is 6.61 Å². The van der Waals surface area contributed by atoms with Crippen molar-refractivity contribution in [2.45, 2.75) is 51.6 Å². The van der Waals surface area contributed by atoms with Gasteiger partial charge in [-0.3, -0.25) is 0 Å². The fourth-order valence-corrected chi connectivity index (χ4v) is 2.02. The van der Waals surface area contributed by atoms with Crippen LogP contribution in [0.2, 0.25) is 0 Å². The van der Waals surface area contributed by atoms with Gasteiger partial charge in [-0.1, -0.05) is 32.1 Å². The van der Waals surface area contributed by atoms with Crippen LogP contribution in [0.4, 0.5) is 8.78 Å². The van der Waals surface area contributed by atoms with Gasteiger partial charge >= 0.3 is 6.61 Å². The highest BCUT2D eigenvalue weighted by Crippen LogP contribution is 2.27. The predicted molar refractivity (Wildman–Crippen MR) is 47.8 cm³/mol. The van der Waals surface area contributed by atoms with E-state index in [0.717, 1.165) is 18.8 Å². The van der Waals surface area contributed by atoms with Crippen molar-refractivity contribution in [2.24, 2.45) is 5.92 Å². The number of hydrogen-bond acceptors (Lipinski definition) is 1. The van der Waals surface area contributed by atoms with Gasteiger partial charge in [-0.05, 0) is 18.8 Å². The number of halogens is 2. The van der Waals surface area contributed by atoms with Crippen LogP contribution in [0.15, 0.2) is 0 Å². The van der Waals surface area contributed by atoms with Gasteiger partial charge < -0.3 is 4.74 Å². The molecule has 0 aliphatic heterocycles. The van der Waals surface area contributed by atoms with Gasteiger partial charge in [0.05, 0.1) is 6.61 Å². The van der Waals surface area contributed by atoms with Gasteiger partial charge in [0.25, 0.3) is 0 Å². The first-order chi connectivity index (χ1) is 6.29. The van der Waals surface area contributed by atoms with Crippen molar-refractivity contribution in [3.8, 4) is 0 Å². The SMILES string of the molecule is FC(F)OCCCC1CCCCC1. The topological polar surface area (TPSA) is 9.23 Å². The monoisotopic (exact) mass is 192 g/mol. The molecule has 3 heteroatoms. The first-order valence-electron chi connectivity index (χ1n) is 5.19. The summed E-state index contributed by atoms with van der Waals surface area (Å²) in [7, 11) is 0. The fraction of sp³-hybridized carbons (Fsp3) is 1.00. The molecule has 78 valence electrons. The minimum Gasteiger partial charge on any atom is -0.323 e. The Bertz CT molecular complexity index is 122. The molecule has 13 heavy (non-hydrogen) atoms. The quantitative estimate of drug-likeness (QED) is 0.605. The lowest BCUT2D eigenvalue weighted by atomic mass is 9.86. The Morgan fingerprint density at radius 3 is 2.46 bits per heavy atom. The highest BCUT2D eigenvalue weighted by atomic mass is 19.3. The maximum atomic E-state index is 11.6. The lowest BCUT2D eigenvalue weighted by molar-refractivity contribution is -0.129. The number of rotatable bonds is 5. The summed E-state index contributed by atoms with van der Waals surface area (Å²) in [4.78, 5) is 0. The molecule has 0 heterocycles. The van der Waals surface area contributed by atoms with Gasteiger partial charge in [0.15, 0.2) is 0 Å². The molecule has 0 N–H and O–H groups in total. The molecular formula is C10H18F2O. The predicted octanol–water partition coefficient (Wildman–Crippen LogP) is 3.59. The lowest BCUT2D eigenvalue weighted by Gasteiger charge is -2.21. The smallest absolute Gasteiger partial charge is 0.323 e. The summed E-state index contributed by atoms with van der Waals surface area (Å²) in [6.07, 6.45) is 8.41. The van der Waals surface area contributed by atoms with E-state index in [1.165, 1.54) is 32.1 Å².